The summed E-state index contributed by atoms with van der Waals surface area (Å²) in [4.78, 5) is 11.7. The first kappa shape index (κ1) is 15.7. The molecule has 0 aromatic heterocycles. The van der Waals surface area contributed by atoms with Crippen LogP contribution >= 0.6 is 0 Å². The second-order valence-electron chi connectivity index (χ2n) is 5.11. The van der Waals surface area contributed by atoms with Gasteiger partial charge in [0.1, 0.15) is 0 Å². The molecule has 1 aromatic carbocycles. The standard InChI is InChI=1S/C16H26N2O/c1-4-14-8-5-6-9-15(14)12-18-16(19)10-7-11-17-13(2)3/h5-6,8-9,13,17H,4,7,10-12H2,1-3H3,(H,18,19). The van der Waals surface area contributed by atoms with E-state index in [4.69, 9.17) is 0 Å². The summed E-state index contributed by atoms with van der Waals surface area (Å²) in [5, 5.41) is 6.31. The second kappa shape index (κ2) is 8.70. The predicted octanol–water partition coefficient (Wildman–Crippen LogP) is 2.64. The van der Waals surface area contributed by atoms with Crippen LogP contribution in [0.4, 0.5) is 0 Å². The van der Waals surface area contributed by atoms with Crippen LogP contribution in [0.5, 0.6) is 0 Å². The van der Waals surface area contributed by atoms with Crippen molar-refractivity contribution >= 4 is 5.91 Å². The normalized spacial score (nSPS) is 10.7. The minimum absolute atomic E-state index is 0.136. The largest absolute Gasteiger partial charge is 0.352 e. The van der Waals surface area contributed by atoms with Gasteiger partial charge in [-0.2, -0.15) is 0 Å². The number of carbonyl (C=O) groups is 1. The summed E-state index contributed by atoms with van der Waals surface area (Å²) in [5.74, 6) is 0.136. The van der Waals surface area contributed by atoms with E-state index in [9.17, 15) is 4.79 Å². The lowest BCUT2D eigenvalue weighted by atomic mass is 10.1. The summed E-state index contributed by atoms with van der Waals surface area (Å²) < 4.78 is 0. The van der Waals surface area contributed by atoms with Crippen molar-refractivity contribution in [2.45, 2.75) is 52.6 Å². The van der Waals surface area contributed by atoms with E-state index < -0.39 is 0 Å². The average molecular weight is 262 g/mol. The molecule has 0 aliphatic heterocycles. The number of carbonyl (C=O) groups excluding carboxylic acids is 1. The Morgan fingerprint density at radius 1 is 1.21 bits per heavy atom. The smallest absolute Gasteiger partial charge is 0.220 e. The summed E-state index contributed by atoms with van der Waals surface area (Å²) in [6, 6.07) is 8.75. The number of hydrogen-bond donors (Lipinski definition) is 2. The molecule has 0 bridgehead atoms. The maximum atomic E-state index is 11.7. The van der Waals surface area contributed by atoms with E-state index in [0.29, 0.717) is 19.0 Å². The van der Waals surface area contributed by atoms with Crippen LogP contribution in [0, 0.1) is 0 Å². The third-order valence-corrected chi connectivity index (χ3v) is 3.11. The number of nitrogens with one attached hydrogen (secondary N) is 2. The fraction of sp³-hybridized carbons (Fsp3) is 0.562. The minimum atomic E-state index is 0.136. The molecule has 2 N–H and O–H groups in total. The van der Waals surface area contributed by atoms with E-state index in [0.717, 1.165) is 19.4 Å². The summed E-state index contributed by atoms with van der Waals surface area (Å²) in [6.45, 7) is 7.90. The third-order valence-electron chi connectivity index (χ3n) is 3.11. The molecule has 1 rings (SSSR count). The van der Waals surface area contributed by atoms with E-state index in [2.05, 4.69) is 43.5 Å². The zero-order valence-electron chi connectivity index (χ0n) is 12.3. The first-order chi connectivity index (χ1) is 9.13. The van der Waals surface area contributed by atoms with Gasteiger partial charge in [0.25, 0.3) is 0 Å². The number of benzene rings is 1. The summed E-state index contributed by atoms with van der Waals surface area (Å²) in [7, 11) is 0. The Balaban J connectivity index is 2.26. The lowest BCUT2D eigenvalue weighted by molar-refractivity contribution is -0.121. The fourth-order valence-corrected chi connectivity index (χ4v) is 2.00. The average Bonchev–Trinajstić information content (AvgIpc) is 2.41. The molecule has 0 saturated carbocycles. The molecule has 0 unspecified atom stereocenters. The highest BCUT2D eigenvalue weighted by Gasteiger charge is 2.04. The van der Waals surface area contributed by atoms with Crippen LogP contribution in [0.15, 0.2) is 24.3 Å². The Morgan fingerprint density at radius 3 is 2.53 bits per heavy atom. The Morgan fingerprint density at radius 2 is 1.89 bits per heavy atom. The highest BCUT2D eigenvalue weighted by Crippen LogP contribution is 2.08. The Kier molecular flexibility index (Phi) is 7.19. The SMILES string of the molecule is CCc1ccccc1CNC(=O)CCCNC(C)C. The first-order valence-electron chi connectivity index (χ1n) is 7.20. The minimum Gasteiger partial charge on any atom is -0.352 e. The van der Waals surface area contributed by atoms with Gasteiger partial charge in [-0.25, -0.2) is 0 Å². The van der Waals surface area contributed by atoms with E-state index in [1.54, 1.807) is 0 Å². The van der Waals surface area contributed by atoms with Gasteiger partial charge in [-0.3, -0.25) is 4.79 Å². The third kappa shape index (κ3) is 6.39. The fourth-order valence-electron chi connectivity index (χ4n) is 2.00. The molecule has 1 amide bonds. The monoisotopic (exact) mass is 262 g/mol. The van der Waals surface area contributed by atoms with Crippen LogP contribution in [0.25, 0.3) is 0 Å². The van der Waals surface area contributed by atoms with Crippen LogP contribution in [0.2, 0.25) is 0 Å². The van der Waals surface area contributed by atoms with Gasteiger partial charge < -0.3 is 10.6 Å². The van der Waals surface area contributed by atoms with Gasteiger partial charge in [0, 0.05) is 19.0 Å². The zero-order valence-corrected chi connectivity index (χ0v) is 12.3. The molecule has 106 valence electrons. The molecule has 0 atom stereocenters. The molecule has 0 heterocycles. The van der Waals surface area contributed by atoms with Crippen LogP contribution in [-0.4, -0.2) is 18.5 Å². The molecule has 0 aliphatic carbocycles. The van der Waals surface area contributed by atoms with Crippen molar-refractivity contribution in [3.8, 4) is 0 Å². The van der Waals surface area contributed by atoms with Gasteiger partial charge in [0.05, 0.1) is 0 Å². The highest BCUT2D eigenvalue weighted by molar-refractivity contribution is 5.75. The molecular weight excluding hydrogens is 236 g/mol. The molecule has 0 aliphatic rings. The molecule has 3 heteroatoms. The van der Waals surface area contributed by atoms with Crippen LogP contribution in [-0.2, 0) is 17.8 Å². The Bertz CT molecular complexity index is 388. The molecule has 3 nitrogen and oxygen atoms in total. The Labute approximate surface area is 116 Å². The number of rotatable bonds is 8. The topological polar surface area (TPSA) is 41.1 Å². The van der Waals surface area contributed by atoms with Crippen molar-refractivity contribution in [1.82, 2.24) is 10.6 Å². The van der Waals surface area contributed by atoms with E-state index in [1.807, 2.05) is 12.1 Å². The summed E-state index contributed by atoms with van der Waals surface area (Å²) >= 11 is 0. The van der Waals surface area contributed by atoms with E-state index in [-0.39, 0.29) is 5.91 Å². The lowest BCUT2D eigenvalue weighted by Crippen LogP contribution is -2.27. The van der Waals surface area contributed by atoms with Crippen LogP contribution < -0.4 is 10.6 Å². The van der Waals surface area contributed by atoms with Crippen molar-refractivity contribution < 1.29 is 4.79 Å². The van der Waals surface area contributed by atoms with Crippen molar-refractivity contribution in [3.63, 3.8) is 0 Å². The molecule has 0 fully saturated rings. The van der Waals surface area contributed by atoms with Crippen molar-refractivity contribution in [2.24, 2.45) is 0 Å². The molecule has 0 radical (unpaired) electrons. The Hall–Kier alpha value is -1.35. The van der Waals surface area contributed by atoms with Crippen molar-refractivity contribution in [2.75, 3.05) is 6.54 Å². The van der Waals surface area contributed by atoms with Crippen LogP contribution in [0.1, 0.15) is 44.7 Å². The number of hydrogen-bond acceptors (Lipinski definition) is 2. The van der Waals surface area contributed by atoms with Gasteiger partial charge in [0.2, 0.25) is 5.91 Å². The quantitative estimate of drug-likeness (QED) is 0.707. The first-order valence-corrected chi connectivity index (χ1v) is 7.20. The van der Waals surface area contributed by atoms with Crippen LogP contribution in [0.3, 0.4) is 0 Å². The van der Waals surface area contributed by atoms with Crippen molar-refractivity contribution in [3.05, 3.63) is 35.4 Å². The maximum absolute atomic E-state index is 11.7. The zero-order chi connectivity index (χ0) is 14.1. The summed E-state index contributed by atoms with van der Waals surface area (Å²) in [6.07, 6.45) is 2.48. The van der Waals surface area contributed by atoms with Gasteiger partial charge in [-0.15, -0.1) is 0 Å². The van der Waals surface area contributed by atoms with E-state index >= 15 is 0 Å². The molecule has 0 saturated heterocycles. The number of aryl methyl sites for hydroxylation is 1. The van der Waals surface area contributed by atoms with E-state index in [1.165, 1.54) is 11.1 Å². The molecule has 19 heavy (non-hydrogen) atoms. The van der Waals surface area contributed by atoms with Gasteiger partial charge in [-0.05, 0) is 30.5 Å². The molecular formula is C16H26N2O. The predicted molar refractivity (Wildman–Crippen MR) is 80.0 cm³/mol. The summed E-state index contributed by atoms with van der Waals surface area (Å²) in [5.41, 5.74) is 2.53. The number of amides is 1. The molecule has 1 aromatic rings. The molecule has 0 spiro atoms. The lowest BCUT2D eigenvalue weighted by Gasteiger charge is -2.10. The van der Waals surface area contributed by atoms with Gasteiger partial charge >= 0.3 is 0 Å². The van der Waals surface area contributed by atoms with Crippen molar-refractivity contribution in [1.29, 1.82) is 0 Å². The van der Waals surface area contributed by atoms with Gasteiger partial charge in [0.15, 0.2) is 0 Å². The second-order valence-corrected chi connectivity index (χ2v) is 5.11. The van der Waals surface area contributed by atoms with Gasteiger partial charge in [-0.1, -0.05) is 45.0 Å². The maximum Gasteiger partial charge on any atom is 0.220 e. The highest BCUT2D eigenvalue weighted by atomic mass is 16.1.